The van der Waals surface area contributed by atoms with E-state index in [9.17, 15) is 23.2 Å². The number of esters is 2. The van der Waals surface area contributed by atoms with E-state index in [4.69, 9.17) is 46.9 Å². The molecule has 1 N–H and O–H groups in total. The van der Waals surface area contributed by atoms with Crippen LogP contribution in [0.15, 0.2) is 48.8 Å². The Morgan fingerprint density at radius 2 is 1.66 bits per heavy atom. The van der Waals surface area contributed by atoms with E-state index in [-0.39, 0.29) is 33.5 Å². The number of rotatable bonds is 14. The molecule has 1 fully saturated rings. The molecule has 15 heteroatoms. The standard InChI is InChI=1S/C32H36Cl2N2O10S/c1-32(2,3)46-30(37)18-47(40,41)35-25-10-8-21(13-28(25)44-17-19-6-7-19)31(38)45-27(14-22-23(33)15-36(39)16-24(22)34)20-9-11-26(42-4)29(12-20)43-5/h8-13,15-16,19,27,35H,6-7,14,17-18H2,1-5H3/t27-/m0/s1. The zero-order valence-electron chi connectivity index (χ0n) is 26.5. The molecule has 3 aromatic rings. The number of aromatic nitrogens is 1. The minimum atomic E-state index is -4.19. The average molecular weight is 712 g/mol. The minimum absolute atomic E-state index is 0.00663. The van der Waals surface area contributed by atoms with Gasteiger partial charge in [-0.15, -0.1) is 0 Å². The molecule has 12 nitrogen and oxygen atoms in total. The van der Waals surface area contributed by atoms with Crippen LogP contribution < -0.4 is 23.7 Å². The molecule has 1 aliphatic rings. The molecule has 0 aliphatic heterocycles. The summed E-state index contributed by atoms with van der Waals surface area (Å²) in [6, 6.07) is 9.06. The number of carbonyl (C=O) groups is 2. The first-order chi connectivity index (χ1) is 22.1. The second-order valence-corrected chi connectivity index (χ2v) is 14.5. The van der Waals surface area contributed by atoms with Gasteiger partial charge in [-0.3, -0.25) is 9.52 Å². The van der Waals surface area contributed by atoms with Crippen molar-refractivity contribution in [3.8, 4) is 17.2 Å². The van der Waals surface area contributed by atoms with E-state index in [1.54, 1.807) is 39.0 Å². The third kappa shape index (κ3) is 10.3. The number of anilines is 1. The van der Waals surface area contributed by atoms with Crippen molar-refractivity contribution < 1.29 is 46.4 Å². The molecule has 1 aliphatic carbocycles. The Hall–Kier alpha value is -3.94. The Kier molecular flexibility index (Phi) is 11.4. The molecule has 1 saturated carbocycles. The van der Waals surface area contributed by atoms with Crippen molar-refractivity contribution in [1.29, 1.82) is 0 Å². The van der Waals surface area contributed by atoms with Gasteiger partial charge in [0.15, 0.2) is 29.6 Å². The summed E-state index contributed by atoms with van der Waals surface area (Å²) in [5.41, 5.74) is 0.113. The third-order valence-corrected chi connectivity index (χ3v) is 8.66. The fraction of sp³-hybridized carbons (Fsp3) is 0.406. The average Bonchev–Trinajstić information content (AvgIpc) is 3.80. The number of halogens is 2. The normalized spacial score (nSPS) is 13.8. The lowest BCUT2D eigenvalue weighted by atomic mass is 10.0. The smallest absolute Gasteiger partial charge is 0.338 e. The lowest BCUT2D eigenvalue weighted by Crippen LogP contribution is -2.31. The highest BCUT2D eigenvalue weighted by Crippen LogP contribution is 2.37. The number of nitrogens with zero attached hydrogens (tertiary/aromatic N) is 1. The number of hydrogen-bond donors (Lipinski definition) is 1. The first-order valence-electron chi connectivity index (χ1n) is 14.6. The predicted octanol–water partition coefficient (Wildman–Crippen LogP) is 5.66. The SMILES string of the molecule is COc1ccc([C@H](Cc2c(Cl)c[n+]([O-])cc2Cl)OC(=O)c2ccc(NS(=O)(=O)CC(=O)OC(C)(C)C)c(OCC3CC3)c2)cc1OC. The van der Waals surface area contributed by atoms with E-state index in [1.807, 2.05) is 0 Å². The highest BCUT2D eigenvalue weighted by Gasteiger charge is 2.28. The summed E-state index contributed by atoms with van der Waals surface area (Å²) in [5.74, 6) is -1.39. The molecule has 254 valence electrons. The Morgan fingerprint density at radius 3 is 2.26 bits per heavy atom. The maximum absolute atomic E-state index is 13.6. The second-order valence-electron chi connectivity index (χ2n) is 11.9. The van der Waals surface area contributed by atoms with Gasteiger partial charge in [-0.1, -0.05) is 29.3 Å². The monoisotopic (exact) mass is 710 g/mol. The maximum atomic E-state index is 13.6. The van der Waals surface area contributed by atoms with E-state index >= 15 is 0 Å². The molecule has 47 heavy (non-hydrogen) atoms. The Morgan fingerprint density at radius 1 is 1.00 bits per heavy atom. The quantitative estimate of drug-likeness (QED) is 0.126. The number of ether oxygens (including phenoxy) is 5. The van der Waals surface area contributed by atoms with Crippen LogP contribution in [0, 0.1) is 11.1 Å². The fourth-order valence-corrected chi connectivity index (χ4v) is 6.01. The molecule has 0 saturated heterocycles. The van der Waals surface area contributed by atoms with Crippen molar-refractivity contribution in [1.82, 2.24) is 0 Å². The van der Waals surface area contributed by atoms with Crippen molar-refractivity contribution >= 4 is 50.9 Å². The molecule has 0 radical (unpaired) electrons. The van der Waals surface area contributed by atoms with Crippen LogP contribution >= 0.6 is 23.2 Å². The van der Waals surface area contributed by atoms with Gasteiger partial charge in [-0.2, -0.15) is 4.73 Å². The van der Waals surface area contributed by atoms with E-state index in [1.165, 1.54) is 32.4 Å². The Bertz CT molecular complexity index is 1720. The number of sulfonamides is 1. The molecule has 2 aromatic carbocycles. The van der Waals surface area contributed by atoms with Crippen LogP contribution in [-0.2, 0) is 30.7 Å². The van der Waals surface area contributed by atoms with Gasteiger partial charge in [0.25, 0.3) is 0 Å². The van der Waals surface area contributed by atoms with Crippen molar-refractivity contribution in [3.05, 3.63) is 80.7 Å². The molecule has 1 heterocycles. The molecule has 0 bridgehead atoms. The summed E-state index contributed by atoms with van der Waals surface area (Å²) >= 11 is 12.7. The van der Waals surface area contributed by atoms with E-state index < -0.39 is 39.4 Å². The number of methoxy groups -OCH3 is 2. The van der Waals surface area contributed by atoms with Gasteiger partial charge >= 0.3 is 11.9 Å². The van der Waals surface area contributed by atoms with E-state index in [2.05, 4.69) is 4.72 Å². The molecular weight excluding hydrogens is 675 g/mol. The molecule has 1 atom stereocenters. The summed E-state index contributed by atoms with van der Waals surface area (Å²) in [4.78, 5) is 25.9. The highest BCUT2D eigenvalue weighted by molar-refractivity contribution is 7.93. The number of carbonyl (C=O) groups excluding carboxylic acids is 2. The van der Waals surface area contributed by atoms with Gasteiger partial charge in [0.05, 0.1) is 32.1 Å². The second kappa shape index (κ2) is 14.9. The first kappa shape index (κ1) is 35.9. The summed E-state index contributed by atoms with van der Waals surface area (Å²) in [6.45, 7) is 5.20. The van der Waals surface area contributed by atoms with Gasteiger partial charge in [0.2, 0.25) is 10.0 Å². The number of benzene rings is 2. The van der Waals surface area contributed by atoms with Gasteiger partial charge in [0.1, 0.15) is 27.5 Å². The van der Waals surface area contributed by atoms with Gasteiger partial charge in [0, 0.05) is 12.0 Å². The van der Waals surface area contributed by atoms with Crippen molar-refractivity contribution in [2.24, 2.45) is 5.92 Å². The van der Waals surface area contributed by atoms with E-state index in [0.717, 1.165) is 25.2 Å². The third-order valence-electron chi connectivity index (χ3n) is 6.86. The van der Waals surface area contributed by atoms with Crippen molar-refractivity contribution in [2.75, 3.05) is 31.3 Å². The van der Waals surface area contributed by atoms with Gasteiger partial charge in [-0.25, -0.2) is 13.2 Å². The number of hydrogen-bond acceptors (Lipinski definition) is 10. The highest BCUT2D eigenvalue weighted by atomic mass is 35.5. The van der Waals surface area contributed by atoms with Gasteiger partial charge < -0.3 is 28.9 Å². The largest absolute Gasteiger partial charge is 0.619 e. The van der Waals surface area contributed by atoms with Gasteiger partial charge in [-0.05, 0) is 75.4 Å². The molecule has 0 spiro atoms. The molecule has 0 unspecified atom stereocenters. The molecule has 0 amide bonds. The van der Waals surface area contributed by atoms with Crippen LogP contribution in [0.5, 0.6) is 17.2 Å². The first-order valence-corrected chi connectivity index (χ1v) is 17.0. The lowest BCUT2D eigenvalue weighted by Gasteiger charge is -2.21. The van der Waals surface area contributed by atoms with Crippen LogP contribution in [-0.4, -0.2) is 52.5 Å². The summed E-state index contributed by atoms with van der Waals surface area (Å²) in [7, 11) is -1.24. The zero-order chi connectivity index (χ0) is 34.5. The molecule has 4 rings (SSSR count). The van der Waals surface area contributed by atoms with Crippen LogP contribution in [0.2, 0.25) is 10.0 Å². The fourth-order valence-electron chi connectivity index (χ4n) is 4.46. The predicted molar refractivity (Wildman–Crippen MR) is 175 cm³/mol. The van der Waals surface area contributed by atoms with E-state index in [0.29, 0.717) is 39.9 Å². The van der Waals surface area contributed by atoms with Crippen molar-refractivity contribution in [2.45, 2.75) is 51.7 Å². The summed E-state index contributed by atoms with van der Waals surface area (Å²) < 4.78 is 56.3. The zero-order valence-corrected chi connectivity index (χ0v) is 28.8. The summed E-state index contributed by atoms with van der Waals surface area (Å²) in [6.07, 6.45) is 3.23. The molecule has 1 aromatic heterocycles. The number of nitrogens with one attached hydrogen (secondary N) is 1. The summed E-state index contributed by atoms with van der Waals surface area (Å²) in [5, 5.41) is 12.0. The van der Waals surface area contributed by atoms with Crippen LogP contribution in [0.3, 0.4) is 0 Å². The Labute approximate surface area is 283 Å². The van der Waals surface area contributed by atoms with Crippen LogP contribution in [0.25, 0.3) is 0 Å². The number of pyridine rings is 1. The topological polar surface area (TPSA) is 153 Å². The lowest BCUT2D eigenvalue weighted by molar-refractivity contribution is -0.605. The minimum Gasteiger partial charge on any atom is -0.619 e. The Balaban J connectivity index is 1.64. The van der Waals surface area contributed by atoms with Crippen molar-refractivity contribution in [3.63, 3.8) is 0 Å². The van der Waals surface area contributed by atoms with Crippen LogP contribution in [0.1, 0.15) is 61.2 Å². The molecular formula is C32H36Cl2N2O10S. The maximum Gasteiger partial charge on any atom is 0.338 e. The van der Waals surface area contributed by atoms with Crippen LogP contribution in [0.4, 0.5) is 5.69 Å².